The minimum atomic E-state index is -0.762. The van der Waals surface area contributed by atoms with Crippen LogP contribution in [0.25, 0.3) is 0 Å². The molecule has 1 unspecified atom stereocenters. The zero-order valence-corrected chi connectivity index (χ0v) is 41.8. The van der Waals surface area contributed by atoms with E-state index >= 15 is 0 Å². The van der Waals surface area contributed by atoms with Gasteiger partial charge in [0.1, 0.15) is 13.2 Å². The Bertz CT molecular complexity index is 933. The van der Waals surface area contributed by atoms with Crippen LogP contribution in [0.3, 0.4) is 0 Å². The van der Waals surface area contributed by atoms with E-state index in [2.05, 4.69) is 34.6 Å². The van der Waals surface area contributed by atoms with Gasteiger partial charge < -0.3 is 14.2 Å². The number of hydrogen-bond donors (Lipinski definition) is 0. The maximum absolute atomic E-state index is 12.8. The fourth-order valence-electron chi connectivity index (χ4n) is 8.31. The fraction of sp³-hybridized carbons (Fsp3) is 0.945. The van der Waals surface area contributed by atoms with Crippen molar-refractivity contribution in [3.63, 3.8) is 0 Å². The summed E-state index contributed by atoms with van der Waals surface area (Å²) < 4.78 is 16.8. The zero-order valence-electron chi connectivity index (χ0n) is 41.8. The Morgan fingerprint density at radius 1 is 0.344 bits per heavy atom. The van der Waals surface area contributed by atoms with Gasteiger partial charge in [-0.25, -0.2) is 0 Å². The van der Waals surface area contributed by atoms with E-state index in [1.54, 1.807) is 0 Å². The Hall–Kier alpha value is -1.59. The molecular formula is C55H106O6. The summed E-state index contributed by atoms with van der Waals surface area (Å²) in [7, 11) is 0. The lowest BCUT2D eigenvalue weighted by Crippen LogP contribution is -2.30. The largest absolute Gasteiger partial charge is 0.462 e. The molecule has 0 N–H and O–H groups in total. The number of carbonyl (C=O) groups is 3. The second-order valence-corrected chi connectivity index (χ2v) is 19.6. The third-order valence-corrected chi connectivity index (χ3v) is 12.8. The monoisotopic (exact) mass is 863 g/mol. The first-order chi connectivity index (χ1) is 29.8. The van der Waals surface area contributed by atoms with E-state index in [9.17, 15) is 14.4 Å². The smallest absolute Gasteiger partial charge is 0.306 e. The van der Waals surface area contributed by atoms with Gasteiger partial charge in [-0.3, -0.25) is 14.4 Å². The predicted molar refractivity (Wildman–Crippen MR) is 261 cm³/mol. The molecular weight excluding hydrogens is 757 g/mol. The molecule has 0 aliphatic rings. The van der Waals surface area contributed by atoms with Gasteiger partial charge in [-0.05, 0) is 31.1 Å². The summed E-state index contributed by atoms with van der Waals surface area (Å²) in [5, 5.41) is 0. The maximum atomic E-state index is 12.8. The SMILES string of the molecule is CCCCCCCCCCCCCCCCCCC(=O)OC[C@@H](COC(=O)CCCCCCCCCCCCC(C)CC)OC(=O)CCCCCCCCCCCCC(C)C. The molecule has 0 amide bonds. The molecule has 0 bridgehead atoms. The number of rotatable bonds is 49. The predicted octanol–water partition coefficient (Wildman–Crippen LogP) is 17.7. The summed E-state index contributed by atoms with van der Waals surface area (Å²) in [6.45, 7) is 11.4. The van der Waals surface area contributed by atoms with Gasteiger partial charge in [-0.15, -0.1) is 0 Å². The molecule has 0 heterocycles. The van der Waals surface area contributed by atoms with E-state index in [1.807, 2.05) is 0 Å². The molecule has 6 nitrogen and oxygen atoms in total. The average molecular weight is 863 g/mol. The quantitative estimate of drug-likeness (QED) is 0.0344. The second kappa shape index (κ2) is 47.9. The molecule has 0 aliphatic heterocycles. The van der Waals surface area contributed by atoms with E-state index in [0.29, 0.717) is 19.3 Å². The lowest BCUT2D eigenvalue weighted by molar-refractivity contribution is -0.167. The van der Waals surface area contributed by atoms with Gasteiger partial charge >= 0.3 is 17.9 Å². The van der Waals surface area contributed by atoms with Crippen LogP contribution < -0.4 is 0 Å². The van der Waals surface area contributed by atoms with Crippen molar-refractivity contribution in [1.82, 2.24) is 0 Å². The Morgan fingerprint density at radius 3 is 0.934 bits per heavy atom. The van der Waals surface area contributed by atoms with Crippen molar-refractivity contribution in [2.24, 2.45) is 11.8 Å². The molecule has 0 saturated carbocycles. The van der Waals surface area contributed by atoms with Crippen molar-refractivity contribution in [3.8, 4) is 0 Å². The van der Waals surface area contributed by atoms with Crippen LogP contribution in [0.1, 0.15) is 304 Å². The van der Waals surface area contributed by atoms with E-state index in [1.165, 1.54) is 193 Å². The summed E-state index contributed by atoms with van der Waals surface area (Å²) in [5.41, 5.74) is 0. The van der Waals surface area contributed by atoms with Crippen LogP contribution in [0.2, 0.25) is 0 Å². The molecule has 0 aromatic heterocycles. The molecule has 0 aromatic carbocycles. The highest BCUT2D eigenvalue weighted by Gasteiger charge is 2.19. The first-order valence-electron chi connectivity index (χ1n) is 27.3. The van der Waals surface area contributed by atoms with Gasteiger partial charge in [-0.2, -0.15) is 0 Å². The van der Waals surface area contributed by atoms with Gasteiger partial charge in [-0.1, -0.05) is 266 Å². The van der Waals surface area contributed by atoms with Gasteiger partial charge in [0, 0.05) is 19.3 Å². The first-order valence-corrected chi connectivity index (χ1v) is 27.3. The highest BCUT2D eigenvalue weighted by Crippen LogP contribution is 2.18. The number of carbonyl (C=O) groups excluding carboxylic acids is 3. The topological polar surface area (TPSA) is 78.9 Å². The van der Waals surface area contributed by atoms with Crippen LogP contribution in [0.4, 0.5) is 0 Å². The van der Waals surface area contributed by atoms with Gasteiger partial charge in [0.2, 0.25) is 0 Å². The van der Waals surface area contributed by atoms with E-state index < -0.39 is 6.10 Å². The van der Waals surface area contributed by atoms with Crippen molar-refractivity contribution in [2.45, 2.75) is 310 Å². The van der Waals surface area contributed by atoms with E-state index in [-0.39, 0.29) is 31.1 Å². The van der Waals surface area contributed by atoms with E-state index in [4.69, 9.17) is 14.2 Å². The van der Waals surface area contributed by atoms with Crippen LogP contribution in [-0.4, -0.2) is 37.2 Å². The Morgan fingerprint density at radius 2 is 0.623 bits per heavy atom. The lowest BCUT2D eigenvalue weighted by Gasteiger charge is -2.18. The molecule has 0 saturated heterocycles. The zero-order chi connectivity index (χ0) is 44.7. The van der Waals surface area contributed by atoms with Crippen molar-refractivity contribution in [3.05, 3.63) is 0 Å². The summed E-state index contributed by atoms with van der Waals surface area (Å²) in [6.07, 6.45) is 49.4. The van der Waals surface area contributed by atoms with Crippen molar-refractivity contribution in [2.75, 3.05) is 13.2 Å². The van der Waals surface area contributed by atoms with Crippen LogP contribution in [0, 0.1) is 11.8 Å². The van der Waals surface area contributed by atoms with Crippen molar-refractivity contribution >= 4 is 17.9 Å². The molecule has 2 atom stereocenters. The molecule has 362 valence electrons. The van der Waals surface area contributed by atoms with Gasteiger partial charge in [0.15, 0.2) is 6.10 Å². The summed E-state index contributed by atoms with van der Waals surface area (Å²) in [6, 6.07) is 0. The summed E-state index contributed by atoms with van der Waals surface area (Å²) in [5.74, 6) is 0.841. The second-order valence-electron chi connectivity index (χ2n) is 19.6. The fourth-order valence-corrected chi connectivity index (χ4v) is 8.31. The first kappa shape index (κ1) is 59.4. The van der Waals surface area contributed by atoms with Crippen molar-refractivity contribution in [1.29, 1.82) is 0 Å². The van der Waals surface area contributed by atoms with Gasteiger partial charge in [0.25, 0.3) is 0 Å². The maximum Gasteiger partial charge on any atom is 0.306 e. The van der Waals surface area contributed by atoms with Crippen LogP contribution in [0.15, 0.2) is 0 Å². The molecule has 0 aromatic rings. The number of ether oxygens (including phenoxy) is 3. The molecule has 0 aliphatic carbocycles. The third kappa shape index (κ3) is 47.7. The number of hydrogen-bond acceptors (Lipinski definition) is 6. The van der Waals surface area contributed by atoms with Gasteiger partial charge in [0.05, 0.1) is 0 Å². The summed E-state index contributed by atoms with van der Waals surface area (Å²) >= 11 is 0. The number of esters is 3. The van der Waals surface area contributed by atoms with Crippen molar-refractivity contribution < 1.29 is 28.6 Å². The molecule has 0 rings (SSSR count). The van der Waals surface area contributed by atoms with Crippen LogP contribution >= 0.6 is 0 Å². The van der Waals surface area contributed by atoms with Crippen LogP contribution in [-0.2, 0) is 28.6 Å². The molecule has 6 heteroatoms. The minimum Gasteiger partial charge on any atom is -0.462 e. The molecule has 0 radical (unpaired) electrons. The normalized spacial score (nSPS) is 12.5. The standard InChI is InChI=1S/C55H106O6/c1-6-8-9-10-11-12-13-14-15-16-17-18-25-30-35-40-45-53(56)59-48-52(61-55(58)47-42-37-32-27-21-19-23-28-33-38-43-50(3)4)49-60-54(57)46-41-36-31-26-22-20-24-29-34-39-44-51(5)7-2/h50-52H,6-49H2,1-5H3/t51?,52-/m0/s1. The highest BCUT2D eigenvalue weighted by molar-refractivity contribution is 5.71. The Balaban J connectivity index is 4.31. The third-order valence-electron chi connectivity index (χ3n) is 12.8. The minimum absolute atomic E-state index is 0.0634. The Labute approximate surface area is 380 Å². The molecule has 0 fully saturated rings. The van der Waals surface area contributed by atoms with Crippen LogP contribution in [0.5, 0.6) is 0 Å². The molecule has 0 spiro atoms. The molecule has 61 heavy (non-hydrogen) atoms. The number of unbranched alkanes of at least 4 members (excludes halogenated alkanes) is 33. The Kier molecular flexibility index (Phi) is 46.6. The summed E-state index contributed by atoms with van der Waals surface area (Å²) in [4.78, 5) is 38.0. The lowest BCUT2D eigenvalue weighted by atomic mass is 9.99. The average Bonchev–Trinajstić information content (AvgIpc) is 3.24. The highest BCUT2D eigenvalue weighted by atomic mass is 16.6. The van der Waals surface area contributed by atoms with E-state index in [0.717, 1.165) is 69.6 Å².